The maximum atomic E-state index is 12.8. The molecular formula is C22H15N3O2. The van der Waals surface area contributed by atoms with Gasteiger partial charge in [0, 0.05) is 34.4 Å². The highest BCUT2D eigenvalue weighted by molar-refractivity contribution is 6.11. The van der Waals surface area contributed by atoms with E-state index in [0.29, 0.717) is 11.3 Å². The second kappa shape index (κ2) is 6.43. The molecule has 4 aromatic rings. The molecule has 2 aromatic carbocycles. The number of rotatable bonds is 3. The normalized spacial score (nSPS) is 10.7. The summed E-state index contributed by atoms with van der Waals surface area (Å²) in [4.78, 5) is 20.3. The van der Waals surface area contributed by atoms with Crippen LogP contribution in [0.4, 0.5) is 0 Å². The van der Waals surface area contributed by atoms with E-state index >= 15 is 0 Å². The predicted octanol–water partition coefficient (Wildman–Crippen LogP) is 4.35. The van der Waals surface area contributed by atoms with Crippen LogP contribution in [-0.4, -0.2) is 20.9 Å². The van der Waals surface area contributed by atoms with Gasteiger partial charge in [0.15, 0.2) is 5.78 Å². The molecular weight excluding hydrogens is 338 g/mol. The number of hydrogen-bond donors (Lipinski definition) is 2. The van der Waals surface area contributed by atoms with Crippen molar-refractivity contribution in [2.75, 3.05) is 0 Å². The van der Waals surface area contributed by atoms with Crippen LogP contribution in [0.1, 0.15) is 27.0 Å². The van der Waals surface area contributed by atoms with Gasteiger partial charge in [0.25, 0.3) is 0 Å². The maximum Gasteiger partial charge on any atom is 0.198 e. The molecule has 5 nitrogen and oxygen atoms in total. The second-order valence-corrected chi connectivity index (χ2v) is 6.33. The van der Waals surface area contributed by atoms with Crippen molar-refractivity contribution in [2.24, 2.45) is 0 Å². The van der Waals surface area contributed by atoms with Crippen molar-refractivity contribution in [3.8, 4) is 23.1 Å². The number of phenolic OH excluding ortho intramolecular Hbond substituents is 1. The Morgan fingerprint density at radius 2 is 2.00 bits per heavy atom. The fourth-order valence-corrected chi connectivity index (χ4v) is 3.14. The van der Waals surface area contributed by atoms with E-state index in [2.05, 4.69) is 16.0 Å². The van der Waals surface area contributed by atoms with Crippen molar-refractivity contribution in [3.63, 3.8) is 0 Å². The van der Waals surface area contributed by atoms with Crippen LogP contribution in [0.5, 0.6) is 5.75 Å². The summed E-state index contributed by atoms with van der Waals surface area (Å²) in [5.41, 5.74) is 3.89. The Hall–Kier alpha value is -3.91. The standard InChI is InChI=1S/C22H15N3O2/c1-13-6-7-20(26)17(8-13)22(27)15-9-14(10-23)21(25-11-15)18-12-24-19-5-3-2-4-16(18)19/h2-9,11-12,24,26H,1H3. The first-order valence-corrected chi connectivity index (χ1v) is 8.39. The molecule has 0 aliphatic carbocycles. The molecule has 0 aliphatic rings. The lowest BCUT2D eigenvalue weighted by Gasteiger charge is -2.07. The Bertz CT molecular complexity index is 1230. The smallest absolute Gasteiger partial charge is 0.198 e. The van der Waals surface area contributed by atoms with Crippen LogP contribution in [-0.2, 0) is 0 Å². The van der Waals surface area contributed by atoms with E-state index in [-0.39, 0.29) is 22.7 Å². The molecule has 2 N–H and O–H groups in total. The number of nitriles is 1. The largest absolute Gasteiger partial charge is 0.507 e. The van der Waals surface area contributed by atoms with E-state index < -0.39 is 0 Å². The van der Waals surface area contributed by atoms with E-state index in [4.69, 9.17) is 0 Å². The highest BCUT2D eigenvalue weighted by atomic mass is 16.3. The molecule has 0 saturated heterocycles. The quantitative estimate of drug-likeness (QED) is 0.536. The number of carbonyl (C=O) groups is 1. The number of ketones is 1. The number of nitrogens with zero attached hydrogens (tertiary/aromatic N) is 2. The molecule has 0 bridgehead atoms. The number of nitrogens with one attached hydrogen (secondary N) is 1. The van der Waals surface area contributed by atoms with Crippen LogP contribution in [0, 0.1) is 18.3 Å². The molecule has 130 valence electrons. The highest BCUT2D eigenvalue weighted by Crippen LogP contribution is 2.30. The SMILES string of the molecule is Cc1ccc(O)c(C(=O)c2cnc(-c3c[nH]c4ccccc34)c(C#N)c2)c1. The lowest BCUT2D eigenvalue weighted by molar-refractivity contribution is 0.103. The van der Waals surface area contributed by atoms with Crippen molar-refractivity contribution in [2.45, 2.75) is 6.92 Å². The third kappa shape index (κ3) is 2.83. The van der Waals surface area contributed by atoms with E-state index in [0.717, 1.165) is 22.0 Å². The number of pyridine rings is 1. The molecule has 2 heterocycles. The van der Waals surface area contributed by atoms with Gasteiger partial charge in [-0.05, 0) is 31.2 Å². The zero-order valence-electron chi connectivity index (χ0n) is 14.5. The highest BCUT2D eigenvalue weighted by Gasteiger charge is 2.18. The van der Waals surface area contributed by atoms with E-state index in [9.17, 15) is 15.2 Å². The molecule has 0 aliphatic heterocycles. The number of benzene rings is 2. The number of para-hydroxylation sites is 1. The minimum atomic E-state index is -0.370. The average molecular weight is 353 g/mol. The van der Waals surface area contributed by atoms with Gasteiger partial charge < -0.3 is 10.1 Å². The predicted molar refractivity (Wildman–Crippen MR) is 103 cm³/mol. The van der Waals surface area contributed by atoms with Crippen LogP contribution < -0.4 is 0 Å². The Kier molecular flexibility index (Phi) is 3.94. The molecule has 0 saturated carbocycles. The zero-order chi connectivity index (χ0) is 19.0. The third-order valence-corrected chi connectivity index (χ3v) is 4.51. The summed E-state index contributed by atoms with van der Waals surface area (Å²) < 4.78 is 0. The fourth-order valence-electron chi connectivity index (χ4n) is 3.14. The van der Waals surface area contributed by atoms with Gasteiger partial charge in [0.05, 0.1) is 16.8 Å². The number of carbonyl (C=O) groups excluding carboxylic acids is 1. The maximum absolute atomic E-state index is 12.8. The molecule has 0 fully saturated rings. The van der Waals surface area contributed by atoms with Gasteiger partial charge in [-0.2, -0.15) is 5.26 Å². The number of aromatic amines is 1. The van der Waals surface area contributed by atoms with Gasteiger partial charge in [-0.25, -0.2) is 0 Å². The van der Waals surface area contributed by atoms with Crippen LogP contribution in [0.15, 0.2) is 60.9 Å². The summed E-state index contributed by atoms with van der Waals surface area (Å²) in [7, 11) is 0. The lowest BCUT2D eigenvalue weighted by Crippen LogP contribution is -2.04. The fraction of sp³-hybridized carbons (Fsp3) is 0.0455. The number of hydrogen-bond acceptors (Lipinski definition) is 4. The Labute approximate surface area is 155 Å². The number of aromatic nitrogens is 2. The summed E-state index contributed by atoms with van der Waals surface area (Å²) in [5.74, 6) is -0.463. The topological polar surface area (TPSA) is 89.8 Å². The first kappa shape index (κ1) is 16.6. The molecule has 4 rings (SSSR count). The molecule has 0 atom stereocenters. The van der Waals surface area contributed by atoms with Crippen LogP contribution >= 0.6 is 0 Å². The van der Waals surface area contributed by atoms with Crippen molar-refractivity contribution in [1.29, 1.82) is 5.26 Å². The molecule has 2 aromatic heterocycles. The first-order valence-electron chi connectivity index (χ1n) is 8.39. The molecule has 0 unspecified atom stereocenters. The van der Waals surface area contributed by atoms with E-state index in [1.165, 1.54) is 18.3 Å². The van der Waals surface area contributed by atoms with Crippen LogP contribution in [0.25, 0.3) is 22.2 Å². The molecule has 0 spiro atoms. The van der Waals surface area contributed by atoms with Gasteiger partial charge in [-0.1, -0.05) is 29.8 Å². The zero-order valence-corrected chi connectivity index (χ0v) is 14.5. The van der Waals surface area contributed by atoms with Crippen molar-refractivity contribution in [1.82, 2.24) is 9.97 Å². The van der Waals surface area contributed by atoms with Crippen LogP contribution in [0.2, 0.25) is 0 Å². The summed E-state index contributed by atoms with van der Waals surface area (Å²) in [6.07, 6.45) is 3.25. The van der Waals surface area contributed by atoms with Gasteiger partial charge >= 0.3 is 0 Å². The molecule has 0 radical (unpaired) electrons. The van der Waals surface area contributed by atoms with Crippen molar-refractivity contribution < 1.29 is 9.90 Å². The summed E-state index contributed by atoms with van der Waals surface area (Å²) in [6, 6.07) is 16.2. The Morgan fingerprint density at radius 3 is 2.81 bits per heavy atom. The van der Waals surface area contributed by atoms with Gasteiger partial charge in [-0.15, -0.1) is 0 Å². The van der Waals surface area contributed by atoms with Crippen molar-refractivity contribution >= 4 is 16.7 Å². The second-order valence-electron chi connectivity index (χ2n) is 6.33. The van der Waals surface area contributed by atoms with Gasteiger partial charge in [0.1, 0.15) is 11.8 Å². The molecule has 0 amide bonds. The minimum absolute atomic E-state index is 0.0928. The molecule has 27 heavy (non-hydrogen) atoms. The van der Waals surface area contributed by atoms with Crippen molar-refractivity contribution in [3.05, 3.63) is 83.2 Å². The minimum Gasteiger partial charge on any atom is -0.507 e. The number of aryl methyl sites for hydroxylation is 1. The monoisotopic (exact) mass is 353 g/mol. The van der Waals surface area contributed by atoms with E-state index in [1.807, 2.05) is 37.4 Å². The summed E-state index contributed by atoms with van der Waals surface area (Å²) in [6.45, 7) is 1.84. The molecule has 5 heteroatoms. The summed E-state index contributed by atoms with van der Waals surface area (Å²) >= 11 is 0. The van der Waals surface area contributed by atoms with Gasteiger partial charge in [0.2, 0.25) is 0 Å². The Morgan fingerprint density at radius 1 is 1.19 bits per heavy atom. The number of fused-ring (bicyclic) bond motifs is 1. The van der Waals surface area contributed by atoms with E-state index in [1.54, 1.807) is 12.1 Å². The number of phenols is 1. The summed E-state index contributed by atoms with van der Waals surface area (Å²) in [5, 5.41) is 20.6. The first-order chi connectivity index (χ1) is 13.1. The number of H-pyrrole nitrogens is 1. The van der Waals surface area contributed by atoms with Gasteiger partial charge in [-0.3, -0.25) is 9.78 Å². The average Bonchev–Trinajstić information content (AvgIpc) is 3.12. The third-order valence-electron chi connectivity index (χ3n) is 4.51. The number of aromatic hydroxyl groups is 1. The lowest BCUT2D eigenvalue weighted by atomic mass is 9.98. The van der Waals surface area contributed by atoms with Crippen LogP contribution in [0.3, 0.4) is 0 Å². The Balaban J connectivity index is 1.82.